The summed E-state index contributed by atoms with van der Waals surface area (Å²) in [6.07, 6.45) is 3.06. The minimum absolute atomic E-state index is 0.154. The van der Waals surface area contributed by atoms with Crippen LogP contribution in [0.4, 0.5) is 0 Å². The fourth-order valence-corrected chi connectivity index (χ4v) is 5.65. The largest absolute Gasteiger partial charge is 0.500 e. The van der Waals surface area contributed by atoms with Crippen molar-refractivity contribution in [3.05, 3.63) is 12.2 Å². The Morgan fingerprint density at radius 3 is 1.14 bits per heavy atom. The molecule has 0 fully saturated rings. The Kier molecular flexibility index (Phi) is 14.2. The summed E-state index contributed by atoms with van der Waals surface area (Å²) in [6.45, 7) is 0.307. The van der Waals surface area contributed by atoms with Crippen LogP contribution in [0.15, 0.2) is 12.2 Å². The van der Waals surface area contributed by atoms with E-state index in [1.807, 2.05) is 0 Å². The third-order valence-corrected chi connectivity index (χ3v) is 9.63. The minimum atomic E-state index is -2.67. The van der Waals surface area contributed by atoms with E-state index < -0.39 is 29.5 Å². The van der Waals surface area contributed by atoms with Gasteiger partial charge in [0.05, 0.1) is 13.2 Å². The van der Waals surface area contributed by atoms with Crippen molar-refractivity contribution >= 4 is 29.5 Å². The number of hydrogen-bond donors (Lipinski definition) is 0. The number of hydrogen-bond acceptors (Lipinski definition) is 10. The van der Waals surface area contributed by atoms with Gasteiger partial charge in [-0.25, -0.2) is 9.59 Å². The van der Waals surface area contributed by atoms with Crippen molar-refractivity contribution in [2.45, 2.75) is 24.9 Å². The summed E-state index contributed by atoms with van der Waals surface area (Å²) in [5, 5.41) is 0. The maximum absolute atomic E-state index is 11.6. The molecule has 0 bridgehead atoms. The number of carbonyl (C=O) groups is 2. The Morgan fingerprint density at radius 2 is 0.893 bits per heavy atom. The maximum Gasteiger partial charge on any atom is 0.500 e. The fraction of sp³-hybridized carbons (Fsp3) is 0.750. The molecule has 28 heavy (non-hydrogen) atoms. The highest BCUT2D eigenvalue weighted by atomic mass is 28.4. The zero-order valence-electron chi connectivity index (χ0n) is 17.5. The first kappa shape index (κ1) is 26.9. The number of ether oxygens (including phenoxy) is 2. The van der Waals surface area contributed by atoms with E-state index in [-0.39, 0.29) is 13.2 Å². The zero-order valence-corrected chi connectivity index (χ0v) is 19.5. The fourth-order valence-electron chi connectivity index (χ4n) is 2.27. The summed E-state index contributed by atoms with van der Waals surface area (Å²) >= 11 is 0. The lowest BCUT2D eigenvalue weighted by Crippen LogP contribution is -2.42. The van der Waals surface area contributed by atoms with E-state index in [9.17, 15) is 9.59 Å². The number of carbonyl (C=O) groups excluding carboxylic acids is 2. The molecule has 0 rings (SSSR count). The van der Waals surface area contributed by atoms with Crippen LogP contribution in [-0.4, -0.2) is 85.4 Å². The molecule has 12 heteroatoms. The molecule has 0 aromatic heterocycles. The van der Waals surface area contributed by atoms with Crippen LogP contribution in [0.1, 0.15) is 12.8 Å². The van der Waals surface area contributed by atoms with Crippen molar-refractivity contribution in [3.8, 4) is 0 Å². The molecule has 0 aliphatic heterocycles. The lowest BCUT2D eigenvalue weighted by Gasteiger charge is -2.24. The molecule has 0 radical (unpaired) electrons. The van der Waals surface area contributed by atoms with Crippen LogP contribution < -0.4 is 0 Å². The molecule has 0 spiro atoms. The van der Waals surface area contributed by atoms with Gasteiger partial charge >= 0.3 is 29.5 Å². The second-order valence-corrected chi connectivity index (χ2v) is 11.6. The predicted molar refractivity (Wildman–Crippen MR) is 103 cm³/mol. The molecule has 0 heterocycles. The quantitative estimate of drug-likeness (QED) is 0.150. The molecule has 0 unspecified atom stereocenters. The monoisotopic (exact) mass is 440 g/mol. The van der Waals surface area contributed by atoms with Gasteiger partial charge in [-0.05, 0) is 12.8 Å². The van der Waals surface area contributed by atoms with E-state index in [4.69, 9.17) is 36.0 Å². The molecule has 0 aliphatic rings. The van der Waals surface area contributed by atoms with Gasteiger partial charge in [0.15, 0.2) is 0 Å². The van der Waals surface area contributed by atoms with Crippen LogP contribution >= 0.6 is 0 Å². The lowest BCUT2D eigenvalue weighted by molar-refractivity contribution is -0.140. The van der Waals surface area contributed by atoms with Crippen LogP contribution in [-0.2, 0) is 45.6 Å². The van der Waals surface area contributed by atoms with E-state index in [2.05, 4.69) is 0 Å². The first-order chi connectivity index (χ1) is 13.4. The van der Waals surface area contributed by atoms with E-state index in [0.29, 0.717) is 24.9 Å². The van der Waals surface area contributed by atoms with Gasteiger partial charge in [-0.3, -0.25) is 0 Å². The Bertz CT molecular complexity index is 420. The second kappa shape index (κ2) is 14.8. The third-order valence-electron chi connectivity index (χ3n) is 3.96. The number of rotatable bonds is 16. The molecule has 0 saturated heterocycles. The van der Waals surface area contributed by atoms with Crippen molar-refractivity contribution in [3.63, 3.8) is 0 Å². The van der Waals surface area contributed by atoms with Gasteiger partial charge in [-0.15, -0.1) is 0 Å². The molecule has 0 aliphatic carbocycles. The molecule has 0 saturated carbocycles. The predicted octanol–water partition coefficient (Wildman–Crippen LogP) is 1.17. The van der Waals surface area contributed by atoms with Gasteiger partial charge in [-0.1, -0.05) is 0 Å². The van der Waals surface area contributed by atoms with Crippen LogP contribution in [0, 0.1) is 0 Å². The Balaban J connectivity index is 4.07. The highest BCUT2D eigenvalue weighted by molar-refractivity contribution is 6.60. The standard InChI is InChI=1S/C16H32O10Si2/c1-19-27(20-2,21-3)13-7-11-25-15(17)9-10-16(18)26-12-8-14-28(22-4,23-5)24-6/h9-10H,7-8,11-14H2,1-6H3. The molecule has 10 nitrogen and oxygen atoms in total. The van der Waals surface area contributed by atoms with Crippen molar-refractivity contribution in [1.29, 1.82) is 0 Å². The van der Waals surface area contributed by atoms with E-state index in [1.54, 1.807) is 0 Å². The minimum Gasteiger partial charge on any atom is -0.463 e. The molecule has 0 atom stereocenters. The van der Waals surface area contributed by atoms with Crippen molar-refractivity contribution in [2.75, 3.05) is 55.9 Å². The molecule has 0 amide bonds. The summed E-state index contributed by atoms with van der Waals surface area (Å²) in [5.41, 5.74) is 0. The van der Waals surface area contributed by atoms with Crippen LogP contribution in [0.2, 0.25) is 12.1 Å². The van der Waals surface area contributed by atoms with E-state index >= 15 is 0 Å². The normalized spacial score (nSPS) is 12.4. The topological polar surface area (TPSA) is 108 Å². The second-order valence-electron chi connectivity index (χ2n) is 5.47. The van der Waals surface area contributed by atoms with Gasteiger partial charge in [0.1, 0.15) is 0 Å². The average molecular weight is 441 g/mol. The molecular weight excluding hydrogens is 408 g/mol. The van der Waals surface area contributed by atoms with Crippen LogP contribution in [0.3, 0.4) is 0 Å². The smallest absolute Gasteiger partial charge is 0.463 e. The first-order valence-electron chi connectivity index (χ1n) is 8.69. The van der Waals surface area contributed by atoms with Gasteiger partial charge in [0.25, 0.3) is 0 Å². The Morgan fingerprint density at radius 1 is 0.607 bits per heavy atom. The van der Waals surface area contributed by atoms with Gasteiger partial charge < -0.3 is 36.0 Å². The molecule has 0 aromatic rings. The van der Waals surface area contributed by atoms with Gasteiger partial charge in [0, 0.05) is 66.9 Å². The van der Waals surface area contributed by atoms with Gasteiger partial charge in [0.2, 0.25) is 0 Å². The van der Waals surface area contributed by atoms with Crippen LogP contribution in [0.5, 0.6) is 0 Å². The zero-order chi connectivity index (χ0) is 21.5. The molecule has 0 N–H and O–H groups in total. The van der Waals surface area contributed by atoms with Crippen molar-refractivity contribution in [2.24, 2.45) is 0 Å². The first-order valence-corrected chi connectivity index (χ1v) is 12.5. The summed E-state index contributed by atoms with van der Waals surface area (Å²) in [4.78, 5) is 23.2. The summed E-state index contributed by atoms with van der Waals surface area (Å²) in [5.74, 6) is -1.28. The molecule has 0 aromatic carbocycles. The highest BCUT2D eigenvalue weighted by Gasteiger charge is 2.37. The molecule has 164 valence electrons. The van der Waals surface area contributed by atoms with E-state index in [0.717, 1.165) is 12.2 Å². The Hall–Kier alpha value is -1.13. The highest BCUT2D eigenvalue weighted by Crippen LogP contribution is 2.15. The Labute approximate surface area is 168 Å². The summed E-state index contributed by atoms with van der Waals surface area (Å²) in [7, 11) is 3.74. The summed E-state index contributed by atoms with van der Waals surface area (Å²) < 4.78 is 41.6. The van der Waals surface area contributed by atoms with Crippen molar-refractivity contribution < 1.29 is 45.6 Å². The summed E-state index contributed by atoms with van der Waals surface area (Å²) in [6, 6.07) is 1.01. The average Bonchev–Trinajstić information content (AvgIpc) is 2.73. The van der Waals surface area contributed by atoms with Crippen molar-refractivity contribution in [1.82, 2.24) is 0 Å². The number of esters is 2. The van der Waals surface area contributed by atoms with Crippen LogP contribution in [0.25, 0.3) is 0 Å². The van der Waals surface area contributed by atoms with Gasteiger partial charge in [-0.2, -0.15) is 0 Å². The van der Waals surface area contributed by atoms with E-state index in [1.165, 1.54) is 42.7 Å². The lowest BCUT2D eigenvalue weighted by atomic mass is 10.4. The SMILES string of the molecule is CO[Si](CCCOC(=O)C=CC(=O)OCCC[Si](OC)(OC)OC)(OC)OC. The maximum atomic E-state index is 11.6. The molecular formula is C16H32O10Si2. The third kappa shape index (κ3) is 9.88.